The van der Waals surface area contributed by atoms with E-state index in [0.717, 1.165) is 12.5 Å². The van der Waals surface area contributed by atoms with Crippen molar-refractivity contribution in [1.29, 1.82) is 0 Å². The molecule has 104 valence electrons. The smallest absolute Gasteiger partial charge is 0.0764 e. The molecule has 1 spiro atoms. The summed E-state index contributed by atoms with van der Waals surface area (Å²) in [5, 5.41) is 9.78. The van der Waals surface area contributed by atoms with E-state index in [1.807, 2.05) is 0 Å². The van der Waals surface area contributed by atoms with Gasteiger partial charge in [-0.2, -0.15) is 0 Å². The van der Waals surface area contributed by atoms with E-state index in [1.165, 1.54) is 38.5 Å². The second-order valence-electron chi connectivity index (χ2n) is 7.64. The van der Waals surface area contributed by atoms with E-state index >= 15 is 0 Å². The summed E-state index contributed by atoms with van der Waals surface area (Å²) in [7, 11) is 0. The number of aliphatic hydroxyl groups excluding tert-OH is 1. The van der Waals surface area contributed by atoms with Gasteiger partial charge in [-0.15, -0.1) is 0 Å². The second kappa shape index (κ2) is 3.96. The minimum atomic E-state index is 0.0484. The molecular formula is C16H28O2. The average Bonchev–Trinajstić information content (AvgIpc) is 3.06. The van der Waals surface area contributed by atoms with Crippen molar-refractivity contribution < 1.29 is 9.84 Å². The molecule has 1 aliphatic heterocycles. The number of fused-ring (bicyclic) bond motifs is 2. The van der Waals surface area contributed by atoms with Crippen LogP contribution in [0.15, 0.2) is 0 Å². The maximum absolute atomic E-state index is 9.78. The molecular weight excluding hydrogens is 224 g/mol. The lowest BCUT2D eigenvalue weighted by atomic mass is 9.63. The first kappa shape index (κ1) is 12.9. The monoisotopic (exact) mass is 252 g/mol. The summed E-state index contributed by atoms with van der Waals surface area (Å²) in [5.74, 6) is 1.50. The predicted octanol–water partition coefficient (Wildman–Crippen LogP) is 3.38. The first-order valence-corrected chi connectivity index (χ1v) is 7.74. The number of aliphatic hydroxyl groups is 1. The van der Waals surface area contributed by atoms with Gasteiger partial charge in [0.25, 0.3) is 0 Å². The molecule has 0 radical (unpaired) electrons. The van der Waals surface area contributed by atoms with E-state index in [9.17, 15) is 5.11 Å². The molecule has 2 atom stereocenters. The number of ether oxygens (including phenoxy) is 1. The molecule has 2 heteroatoms. The topological polar surface area (TPSA) is 29.5 Å². The quantitative estimate of drug-likeness (QED) is 0.834. The standard InChI is InChI=1S/C16H28O2/c1-4-14(2,3)12-5-7-16(8-6-12)15(11-17)9-13(15)10-18-16/h12-13,17H,4-11H2,1-3H3. The van der Waals surface area contributed by atoms with Gasteiger partial charge in [-0.3, -0.25) is 0 Å². The van der Waals surface area contributed by atoms with E-state index < -0.39 is 0 Å². The molecule has 0 aromatic heterocycles. The Morgan fingerprint density at radius 2 is 1.94 bits per heavy atom. The molecule has 1 saturated heterocycles. The Morgan fingerprint density at radius 1 is 1.28 bits per heavy atom. The minimum Gasteiger partial charge on any atom is -0.396 e. The van der Waals surface area contributed by atoms with Crippen LogP contribution >= 0.6 is 0 Å². The number of hydrogen-bond acceptors (Lipinski definition) is 2. The molecule has 2 unspecified atom stereocenters. The van der Waals surface area contributed by atoms with Crippen molar-refractivity contribution in [3.05, 3.63) is 0 Å². The molecule has 2 nitrogen and oxygen atoms in total. The third kappa shape index (κ3) is 1.54. The summed E-state index contributed by atoms with van der Waals surface area (Å²) in [6, 6.07) is 0. The molecule has 18 heavy (non-hydrogen) atoms. The van der Waals surface area contributed by atoms with Crippen LogP contribution in [0.2, 0.25) is 0 Å². The number of hydrogen-bond donors (Lipinski definition) is 1. The van der Waals surface area contributed by atoms with Gasteiger partial charge in [0.15, 0.2) is 0 Å². The zero-order valence-electron chi connectivity index (χ0n) is 12.2. The Balaban J connectivity index is 1.70. The summed E-state index contributed by atoms with van der Waals surface area (Å²) in [6.07, 6.45) is 7.41. The minimum absolute atomic E-state index is 0.0484. The van der Waals surface area contributed by atoms with E-state index in [1.54, 1.807) is 0 Å². The van der Waals surface area contributed by atoms with Crippen LogP contribution in [0.3, 0.4) is 0 Å². The lowest BCUT2D eigenvalue weighted by Gasteiger charge is -2.46. The summed E-state index contributed by atoms with van der Waals surface area (Å²) in [6.45, 7) is 8.38. The van der Waals surface area contributed by atoms with Gasteiger partial charge in [-0.25, -0.2) is 0 Å². The predicted molar refractivity (Wildman–Crippen MR) is 72.3 cm³/mol. The lowest BCUT2D eigenvalue weighted by Crippen LogP contribution is -2.46. The van der Waals surface area contributed by atoms with Crippen LogP contribution in [0.25, 0.3) is 0 Å². The Labute approximate surface area is 111 Å². The molecule has 3 fully saturated rings. The maximum Gasteiger partial charge on any atom is 0.0764 e. The first-order valence-electron chi connectivity index (χ1n) is 7.74. The zero-order valence-corrected chi connectivity index (χ0v) is 12.2. The molecule has 2 saturated carbocycles. The third-order valence-corrected chi connectivity index (χ3v) is 6.79. The van der Waals surface area contributed by atoms with Gasteiger partial charge < -0.3 is 9.84 Å². The van der Waals surface area contributed by atoms with Crippen LogP contribution in [0, 0.1) is 22.7 Å². The highest BCUT2D eigenvalue weighted by Crippen LogP contribution is 2.69. The Hall–Kier alpha value is -0.0800. The maximum atomic E-state index is 9.78. The summed E-state index contributed by atoms with van der Waals surface area (Å²) in [4.78, 5) is 0. The van der Waals surface area contributed by atoms with Crippen molar-refractivity contribution in [2.24, 2.45) is 22.7 Å². The highest BCUT2D eigenvalue weighted by Gasteiger charge is 2.71. The third-order valence-electron chi connectivity index (χ3n) is 6.79. The van der Waals surface area contributed by atoms with Crippen LogP contribution in [0.4, 0.5) is 0 Å². The SMILES string of the molecule is CCC(C)(C)C1CCC2(CC1)OCC1CC12CO. The summed E-state index contributed by atoms with van der Waals surface area (Å²) < 4.78 is 6.17. The van der Waals surface area contributed by atoms with Crippen LogP contribution in [0.5, 0.6) is 0 Å². The second-order valence-corrected chi connectivity index (χ2v) is 7.64. The molecule has 1 N–H and O–H groups in total. The highest BCUT2D eigenvalue weighted by molar-refractivity contribution is 5.19. The van der Waals surface area contributed by atoms with Crippen LogP contribution in [-0.4, -0.2) is 23.9 Å². The van der Waals surface area contributed by atoms with Crippen molar-refractivity contribution in [3.63, 3.8) is 0 Å². The molecule has 1 heterocycles. The van der Waals surface area contributed by atoms with E-state index in [0.29, 0.717) is 17.9 Å². The van der Waals surface area contributed by atoms with E-state index in [-0.39, 0.29) is 11.0 Å². The summed E-state index contributed by atoms with van der Waals surface area (Å²) >= 11 is 0. The van der Waals surface area contributed by atoms with Gasteiger partial charge in [0.2, 0.25) is 0 Å². The van der Waals surface area contributed by atoms with Gasteiger partial charge >= 0.3 is 0 Å². The molecule has 0 amide bonds. The van der Waals surface area contributed by atoms with Crippen molar-refractivity contribution in [2.75, 3.05) is 13.2 Å². The average molecular weight is 252 g/mol. The molecule has 0 bridgehead atoms. The molecule has 0 aromatic carbocycles. The molecule has 2 aliphatic carbocycles. The van der Waals surface area contributed by atoms with Gasteiger partial charge in [0.1, 0.15) is 0 Å². The number of rotatable bonds is 3. The lowest BCUT2D eigenvalue weighted by molar-refractivity contribution is -0.107. The van der Waals surface area contributed by atoms with Crippen molar-refractivity contribution in [2.45, 2.75) is 64.9 Å². The normalized spacial score (nSPS) is 47.3. The zero-order chi connectivity index (χ0) is 13.0. The van der Waals surface area contributed by atoms with E-state index in [2.05, 4.69) is 20.8 Å². The Morgan fingerprint density at radius 3 is 2.44 bits per heavy atom. The fraction of sp³-hybridized carbons (Fsp3) is 1.00. The van der Waals surface area contributed by atoms with Gasteiger partial charge in [0, 0.05) is 5.41 Å². The van der Waals surface area contributed by atoms with Crippen LogP contribution in [0.1, 0.15) is 59.3 Å². The summed E-state index contributed by atoms with van der Waals surface area (Å²) in [5.41, 5.74) is 0.677. The highest BCUT2D eigenvalue weighted by atomic mass is 16.5. The molecule has 3 rings (SSSR count). The largest absolute Gasteiger partial charge is 0.396 e. The van der Waals surface area contributed by atoms with Gasteiger partial charge in [-0.05, 0) is 49.4 Å². The van der Waals surface area contributed by atoms with Crippen LogP contribution in [-0.2, 0) is 4.74 Å². The molecule has 3 aliphatic rings. The van der Waals surface area contributed by atoms with E-state index in [4.69, 9.17) is 4.74 Å². The van der Waals surface area contributed by atoms with Gasteiger partial charge in [-0.1, -0.05) is 27.2 Å². The van der Waals surface area contributed by atoms with Gasteiger partial charge in [0.05, 0.1) is 18.8 Å². The van der Waals surface area contributed by atoms with Crippen LogP contribution < -0.4 is 0 Å². The molecule has 0 aromatic rings. The van der Waals surface area contributed by atoms with Crippen molar-refractivity contribution in [1.82, 2.24) is 0 Å². The first-order chi connectivity index (χ1) is 8.50. The Kier molecular flexibility index (Phi) is 2.84. The fourth-order valence-corrected chi connectivity index (χ4v) is 4.70. The fourth-order valence-electron chi connectivity index (χ4n) is 4.70. The van der Waals surface area contributed by atoms with Crippen molar-refractivity contribution >= 4 is 0 Å². The Bertz CT molecular complexity index is 324. The van der Waals surface area contributed by atoms with Crippen molar-refractivity contribution in [3.8, 4) is 0 Å².